The molecule has 30 heavy (non-hydrogen) atoms. The summed E-state index contributed by atoms with van der Waals surface area (Å²) in [6, 6.07) is 16.0. The largest absolute Gasteiger partial charge is 0.497 e. The number of hydrogen-bond acceptors (Lipinski definition) is 4. The van der Waals surface area contributed by atoms with Gasteiger partial charge in [0.15, 0.2) is 0 Å². The third-order valence-electron chi connectivity index (χ3n) is 6.25. The second-order valence-corrected chi connectivity index (χ2v) is 8.18. The number of aliphatic carboxylic acids is 1. The molecule has 4 rings (SSSR count). The molecule has 0 aromatic heterocycles. The van der Waals surface area contributed by atoms with Gasteiger partial charge in [-0.3, -0.25) is 9.59 Å². The second-order valence-electron chi connectivity index (χ2n) is 8.18. The minimum Gasteiger partial charge on any atom is -0.497 e. The number of nitrogens with zero attached hydrogens (tertiary/aromatic N) is 1. The smallest absolute Gasteiger partial charge is 0.303 e. The number of methoxy groups -OCH3 is 1. The number of nitrogens with one attached hydrogen (secondary N) is 1. The topological polar surface area (TPSA) is 78.9 Å². The number of benzene rings is 2. The predicted molar refractivity (Wildman–Crippen MR) is 115 cm³/mol. The van der Waals surface area contributed by atoms with Gasteiger partial charge in [-0.15, -0.1) is 0 Å². The highest BCUT2D eigenvalue weighted by atomic mass is 16.5. The Morgan fingerprint density at radius 3 is 2.70 bits per heavy atom. The molecule has 158 valence electrons. The molecule has 1 heterocycles. The first kappa shape index (κ1) is 20.4. The van der Waals surface area contributed by atoms with Gasteiger partial charge >= 0.3 is 5.97 Å². The van der Waals surface area contributed by atoms with Crippen molar-refractivity contribution in [2.45, 2.75) is 43.6 Å². The summed E-state index contributed by atoms with van der Waals surface area (Å²) in [5, 5.41) is 12.6. The van der Waals surface area contributed by atoms with Crippen molar-refractivity contribution in [3.05, 3.63) is 59.7 Å². The van der Waals surface area contributed by atoms with Crippen molar-refractivity contribution in [1.29, 1.82) is 0 Å². The Morgan fingerprint density at radius 2 is 1.97 bits per heavy atom. The summed E-state index contributed by atoms with van der Waals surface area (Å²) in [7, 11) is 1.67. The number of para-hydroxylation sites is 1. The molecule has 2 aliphatic rings. The monoisotopic (exact) mass is 408 g/mol. The molecular formula is C24H28N2O4. The molecular weight excluding hydrogens is 380 g/mol. The molecule has 2 aromatic rings. The third-order valence-corrected chi connectivity index (χ3v) is 6.25. The number of carbonyl (C=O) groups is 2. The van der Waals surface area contributed by atoms with Gasteiger partial charge in [-0.1, -0.05) is 30.3 Å². The van der Waals surface area contributed by atoms with Gasteiger partial charge < -0.3 is 20.1 Å². The lowest BCUT2D eigenvalue weighted by Gasteiger charge is -2.21. The van der Waals surface area contributed by atoms with Gasteiger partial charge in [0.05, 0.1) is 7.11 Å². The number of carboxylic acid groups (broad SMARTS) is 1. The zero-order valence-electron chi connectivity index (χ0n) is 17.3. The van der Waals surface area contributed by atoms with Crippen molar-refractivity contribution in [3.63, 3.8) is 0 Å². The first-order valence-corrected chi connectivity index (χ1v) is 10.5. The van der Waals surface area contributed by atoms with E-state index in [1.165, 1.54) is 5.56 Å². The highest BCUT2D eigenvalue weighted by molar-refractivity contribution is 5.96. The summed E-state index contributed by atoms with van der Waals surface area (Å²) in [5.74, 6) is 0.210. The number of ether oxygens (including phenoxy) is 1. The van der Waals surface area contributed by atoms with E-state index >= 15 is 0 Å². The Labute approximate surface area is 176 Å². The van der Waals surface area contributed by atoms with E-state index in [-0.39, 0.29) is 23.8 Å². The number of carboxylic acids is 1. The Kier molecular flexibility index (Phi) is 5.77. The zero-order valence-corrected chi connectivity index (χ0v) is 17.3. The number of rotatable bonds is 9. The van der Waals surface area contributed by atoms with E-state index in [2.05, 4.69) is 17.4 Å². The molecule has 1 fully saturated rings. The van der Waals surface area contributed by atoms with E-state index in [4.69, 9.17) is 9.84 Å². The average Bonchev–Trinajstić information content (AvgIpc) is 3.46. The molecule has 6 nitrogen and oxygen atoms in total. The van der Waals surface area contributed by atoms with E-state index in [1.54, 1.807) is 7.11 Å². The highest BCUT2D eigenvalue weighted by Crippen LogP contribution is 2.46. The maximum absolute atomic E-state index is 13.0. The lowest BCUT2D eigenvalue weighted by molar-refractivity contribution is -0.137. The number of carbonyl (C=O) groups excluding carboxylic acids is 1. The van der Waals surface area contributed by atoms with Crippen LogP contribution in [-0.2, 0) is 15.1 Å². The van der Waals surface area contributed by atoms with Crippen molar-refractivity contribution >= 4 is 17.6 Å². The van der Waals surface area contributed by atoms with Crippen molar-refractivity contribution in [2.75, 3.05) is 25.1 Å². The summed E-state index contributed by atoms with van der Waals surface area (Å²) in [6.45, 7) is 1.17. The lowest BCUT2D eigenvalue weighted by Crippen LogP contribution is -2.35. The molecule has 0 saturated heterocycles. The van der Waals surface area contributed by atoms with Crippen LogP contribution in [0.5, 0.6) is 5.75 Å². The van der Waals surface area contributed by atoms with Gasteiger partial charge in [-0.2, -0.15) is 0 Å². The Hall–Kier alpha value is -2.86. The molecule has 0 radical (unpaired) electrons. The quantitative estimate of drug-likeness (QED) is 0.662. The van der Waals surface area contributed by atoms with E-state index in [0.29, 0.717) is 25.9 Å². The number of amides is 1. The Balaban J connectivity index is 1.37. The van der Waals surface area contributed by atoms with Gasteiger partial charge in [0.1, 0.15) is 5.75 Å². The van der Waals surface area contributed by atoms with E-state index in [9.17, 15) is 9.59 Å². The van der Waals surface area contributed by atoms with Crippen LogP contribution in [-0.4, -0.2) is 37.2 Å². The van der Waals surface area contributed by atoms with Gasteiger partial charge in [-0.05, 0) is 48.6 Å². The zero-order chi connectivity index (χ0) is 21.1. The fraction of sp³-hybridized carbons (Fsp3) is 0.417. The molecule has 6 heteroatoms. The molecule has 1 amide bonds. The van der Waals surface area contributed by atoms with Crippen LogP contribution in [0, 0.1) is 0 Å². The van der Waals surface area contributed by atoms with E-state index in [1.807, 2.05) is 41.3 Å². The fourth-order valence-corrected chi connectivity index (χ4v) is 4.43. The maximum Gasteiger partial charge on any atom is 0.303 e. The first-order valence-electron chi connectivity index (χ1n) is 10.5. The van der Waals surface area contributed by atoms with Crippen molar-refractivity contribution in [2.24, 2.45) is 0 Å². The minimum absolute atomic E-state index is 0.0538. The van der Waals surface area contributed by atoms with Gasteiger partial charge in [0, 0.05) is 43.1 Å². The van der Waals surface area contributed by atoms with Crippen LogP contribution in [0.4, 0.5) is 5.69 Å². The minimum atomic E-state index is -0.797. The molecule has 1 aliphatic carbocycles. The molecule has 2 N–H and O–H groups in total. The SMILES string of the molecule is COc1cccc(C2(NCCC(=O)N3CC(CCC(=O)O)c4ccccc43)CC2)c1. The summed E-state index contributed by atoms with van der Waals surface area (Å²) in [4.78, 5) is 25.8. The molecule has 1 unspecified atom stereocenters. The lowest BCUT2D eigenvalue weighted by atomic mass is 9.96. The molecule has 1 atom stereocenters. The normalized spacial score (nSPS) is 18.7. The van der Waals surface area contributed by atoms with Crippen LogP contribution < -0.4 is 15.0 Å². The van der Waals surface area contributed by atoms with E-state index < -0.39 is 5.97 Å². The first-order chi connectivity index (χ1) is 14.5. The van der Waals surface area contributed by atoms with Gasteiger partial charge in [-0.25, -0.2) is 0 Å². The molecule has 2 aromatic carbocycles. The average molecular weight is 408 g/mol. The van der Waals surface area contributed by atoms with Crippen molar-refractivity contribution in [3.8, 4) is 5.75 Å². The molecule has 0 spiro atoms. The summed E-state index contributed by atoms with van der Waals surface area (Å²) in [6.07, 6.45) is 3.18. The van der Waals surface area contributed by atoms with Crippen LogP contribution >= 0.6 is 0 Å². The molecule has 0 bridgehead atoms. The van der Waals surface area contributed by atoms with Crippen molar-refractivity contribution in [1.82, 2.24) is 5.32 Å². The standard InChI is InChI=1S/C24H28N2O4/c1-30-19-6-4-5-18(15-19)24(12-13-24)25-14-11-22(27)26-16-17(9-10-23(28)29)20-7-2-3-8-21(20)26/h2-8,15,17,25H,9-14,16H2,1H3,(H,28,29). The number of hydrogen-bond donors (Lipinski definition) is 2. The Morgan fingerprint density at radius 1 is 1.17 bits per heavy atom. The molecule has 1 aliphatic heterocycles. The van der Waals surface area contributed by atoms with Crippen LogP contribution in [0.25, 0.3) is 0 Å². The number of fused-ring (bicyclic) bond motifs is 1. The fourth-order valence-electron chi connectivity index (χ4n) is 4.43. The molecule has 1 saturated carbocycles. The van der Waals surface area contributed by atoms with E-state index in [0.717, 1.165) is 29.8 Å². The van der Waals surface area contributed by atoms with Crippen LogP contribution in [0.3, 0.4) is 0 Å². The van der Waals surface area contributed by atoms with Gasteiger partial charge in [0.2, 0.25) is 5.91 Å². The van der Waals surface area contributed by atoms with Crippen LogP contribution in [0.2, 0.25) is 0 Å². The van der Waals surface area contributed by atoms with Crippen LogP contribution in [0.1, 0.15) is 49.1 Å². The summed E-state index contributed by atoms with van der Waals surface area (Å²) >= 11 is 0. The Bertz CT molecular complexity index is 938. The third kappa shape index (κ3) is 4.19. The van der Waals surface area contributed by atoms with Crippen LogP contribution in [0.15, 0.2) is 48.5 Å². The summed E-state index contributed by atoms with van der Waals surface area (Å²) < 4.78 is 5.34. The predicted octanol–water partition coefficient (Wildman–Crippen LogP) is 3.66. The maximum atomic E-state index is 13.0. The number of anilines is 1. The van der Waals surface area contributed by atoms with Gasteiger partial charge in [0.25, 0.3) is 0 Å². The second kappa shape index (κ2) is 8.48. The summed E-state index contributed by atoms with van der Waals surface area (Å²) in [5.41, 5.74) is 3.15. The van der Waals surface area contributed by atoms with Crippen molar-refractivity contribution < 1.29 is 19.4 Å². The highest BCUT2D eigenvalue weighted by Gasteiger charge is 2.44.